The fourth-order valence-electron chi connectivity index (χ4n) is 4.73. The molecular weight excluding hydrogens is 396 g/mol. The van der Waals surface area contributed by atoms with E-state index in [9.17, 15) is 0 Å². The van der Waals surface area contributed by atoms with Gasteiger partial charge in [0.25, 0.3) is 0 Å². The summed E-state index contributed by atoms with van der Waals surface area (Å²) in [4.78, 5) is 12.0. The summed E-state index contributed by atoms with van der Waals surface area (Å²) in [5, 5.41) is 7.08. The van der Waals surface area contributed by atoms with Crippen LogP contribution in [-0.2, 0) is 0 Å². The van der Waals surface area contributed by atoms with Gasteiger partial charge >= 0.3 is 0 Å². The van der Waals surface area contributed by atoms with E-state index in [1.165, 1.54) is 32.1 Å². The molecule has 5 rings (SSSR count). The average Bonchev–Trinajstić information content (AvgIpc) is 2.85. The Kier molecular flexibility index (Phi) is 6.21. The van der Waals surface area contributed by atoms with Crippen molar-refractivity contribution in [3.63, 3.8) is 0 Å². The molecule has 3 aromatic rings. The second kappa shape index (κ2) is 9.57. The number of nitrogens with zero attached hydrogens (tertiary/aromatic N) is 3. The first-order chi connectivity index (χ1) is 15.7. The van der Waals surface area contributed by atoms with Crippen LogP contribution >= 0.6 is 0 Å². The van der Waals surface area contributed by atoms with Gasteiger partial charge in [-0.3, -0.25) is 0 Å². The monoisotopic (exact) mass is 428 g/mol. The minimum atomic E-state index is 0.523. The highest BCUT2D eigenvalue weighted by molar-refractivity contribution is 5.76. The second-order valence-electron chi connectivity index (χ2n) is 8.87. The van der Waals surface area contributed by atoms with E-state index < -0.39 is 0 Å². The van der Waals surface area contributed by atoms with Crippen LogP contribution in [0.4, 0.5) is 17.3 Å². The molecule has 0 radical (unpaired) electrons. The number of aromatic nitrogens is 2. The first kappa shape index (κ1) is 20.8. The lowest BCUT2D eigenvalue weighted by molar-refractivity contribution is 0.462. The number of rotatable bonds is 5. The van der Waals surface area contributed by atoms with Crippen molar-refractivity contribution in [3.05, 3.63) is 54.7 Å². The van der Waals surface area contributed by atoms with E-state index in [2.05, 4.69) is 50.8 Å². The van der Waals surface area contributed by atoms with Gasteiger partial charge in [0.05, 0.1) is 5.69 Å². The molecule has 6 nitrogen and oxygen atoms in total. The van der Waals surface area contributed by atoms with Gasteiger partial charge in [-0.25, -0.2) is 9.97 Å². The van der Waals surface area contributed by atoms with Crippen LogP contribution < -0.4 is 21.3 Å². The maximum Gasteiger partial charge on any atom is 0.129 e. The van der Waals surface area contributed by atoms with Gasteiger partial charge in [-0.05, 0) is 60.4 Å². The first-order valence-corrected chi connectivity index (χ1v) is 11.8. The quantitative estimate of drug-likeness (QED) is 0.518. The molecule has 6 heteroatoms. The fraction of sp³-hybridized carbons (Fsp3) is 0.385. The summed E-state index contributed by atoms with van der Waals surface area (Å²) in [6, 6.07) is 17.1. The number of nitrogen functional groups attached to an aromatic ring is 1. The Morgan fingerprint density at radius 3 is 2.56 bits per heavy atom. The Labute approximate surface area is 190 Å². The van der Waals surface area contributed by atoms with Gasteiger partial charge in [0.1, 0.15) is 11.6 Å². The molecule has 1 aliphatic carbocycles. The van der Waals surface area contributed by atoms with Gasteiger partial charge in [-0.1, -0.05) is 31.4 Å². The number of hydrogen-bond donors (Lipinski definition) is 3. The van der Waals surface area contributed by atoms with Crippen molar-refractivity contribution in [2.45, 2.75) is 38.1 Å². The largest absolute Gasteiger partial charge is 0.399 e. The minimum Gasteiger partial charge on any atom is -0.399 e. The summed E-state index contributed by atoms with van der Waals surface area (Å²) in [5.41, 5.74) is 11.1. The van der Waals surface area contributed by atoms with Crippen molar-refractivity contribution < 1.29 is 0 Å². The fourth-order valence-corrected chi connectivity index (χ4v) is 4.73. The van der Waals surface area contributed by atoms with E-state index >= 15 is 0 Å². The number of anilines is 3. The zero-order chi connectivity index (χ0) is 21.8. The summed E-state index contributed by atoms with van der Waals surface area (Å²) in [6.07, 6.45) is 8.29. The highest BCUT2D eigenvalue weighted by atomic mass is 15.2. The van der Waals surface area contributed by atoms with E-state index in [4.69, 9.17) is 10.7 Å². The van der Waals surface area contributed by atoms with Crippen LogP contribution in [0.5, 0.6) is 0 Å². The van der Waals surface area contributed by atoms with E-state index in [0.717, 1.165) is 65.9 Å². The first-order valence-electron chi connectivity index (χ1n) is 11.8. The van der Waals surface area contributed by atoms with Gasteiger partial charge in [-0.15, -0.1) is 0 Å². The summed E-state index contributed by atoms with van der Waals surface area (Å²) in [7, 11) is 0. The van der Waals surface area contributed by atoms with E-state index in [1.54, 1.807) is 0 Å². The number of piperazine rings is 1. The smallest absolute Gasteiger partial charge is 0.129 e. The van der Waals surface area contributed by atoms with Gasteiger partial charge in [0.15, 0.2) is 0 Å². The van der Waals surface area contributed by atoms with Crippen LogP contribution in [0.15, 0.2) is 54.7 Å². The molecular formula is C26H32N6. The molecule has 0 atom stereocenters. The highest BCUT2D eigenvalue weighted by Crippen LogP contribution is 2.31. The summed E-state index contributed by atoms with van der Waals surface area (Å²) in [5.74, 6) is 1.95. The third-order valence-corrected chi connectivity index (χ3v) is 6.49. The van der Waals surface area contributed by atoms with Gasteiger partial charge in [0.2, 0.25) is 0 Å². The second-order valence-corrected chi connectivity index (χ2v) is 8.87. The maximum absolute atomic E-state index is 6.08. The number of benzene rings is 1. The number of nitrogens with two attached hydrogens (primary N) is 1. The van der Waals surface area contributed by atoms with E-state index in [0.29, 0.717) is 6.04 Å². The lowest BCUT2D eigenvalue weighted by Crippen LogP contribution is -2.43. The summed E-state index contributed by atoms with van der Waals surface area (Å²) >= 11 is 0. The lowest BCUT2D eigenvalue weighted by Gasteiger charge is -2.29. The molecule has 2 fully saturated rings. The highest BCUT2D eigenvalue weighted by Gasteiger charge is 2.17. The number of pyridine rings is 2. The van der Waals surface area contributed by atoms with Gasteiger partial charge < -0.3 is 21.3 Å². The molecule has 1 aromatic carbocycles. The standard InChI is InChI=1S/C26H32N6/c27-22-6-4-5-19(15-22)21-16-24(31-26(18-21)32-13-11-28-12-14-32)20-9-10-29-25(17-20)30-23-7-2-1-3-8-23/h4-6,9-10,15-18,23,28H,1-3,7-8,11-14,27H2,(H,29,30). The van der Waals surface area contributed by atoms with Crippen molar-refractivity contribution in [3.8, 4) is 22.4 Å². The topological polar surface area (TPSA) is 79.1 Å². The van der Waals surface area contributed by atoms with Crippen LogP contribution in [0.2, 0.25) is 0 Å². The molecule has 0 spiro atoms. The van der Waals surface area contributed by atoms with Crippen LogP contribution in [0.3, 0.4) is 0 Å². The summed E-state index contributed by atoms with van der Waals surface area (Å²) < 4.78 is 0. The predicted molar refractivity (Wildman–Crippen MR) is 133 cm³/mol. The zero-order valence-corrected chi connectivity index (χ0v) is 18.6. The van der Waals surface area contributed by atoms with Crippen LogP contribution in [0.25, 0.3) is 22.4 Å². The molecule has 2 aliphatic rings. The summed E-state index contributed by atoms with van der Waals surface area (Å²) in [6.45, 7) is 3.86. The molecule has 3 heterocycles. The third-order valence-electron chi connectivity index (χ3n) is 6.49. The average molecular weight is 429 g/mol. The predicted octanol–water partition coefficient (Wildman–Crippen LogP) is 4.55. The Balaban J connectivity index is 1.51. The van der Waals surface area contributed by atoms with Gasteiger partial charge in [0, 0.05) is 49.7 Å². The Morgan fingerprint density at radius 1 is 0.906 bits per heavy atom. The normalized spacial score (nSPS) is 17.3. The van der Waals surface area contributed by atoms with Crippen molar-refractivity contribution >= 4 is 17.3 Å². The zero-order valence-electron chi connectivity index (χ0n) is 18.6. The SMILES string of the molecule is Nc1cccc(-c2cc(-c3ccnc(NC4CCCCC4)c3)nc(N3CCNCC3)c2)c1. The van der Waals surface area contributed by atoms with Crippen LogP contribution in [0, 0.1) is 0 Å². The van der Waals surface area contributed by atoms with Crippen molar-refractivity contribution in [2.75, 3.05) is 42.1 Å². The molecule has 2 aromatic heterocycles. The Morgan fingerprint density at radius 2 is 1.75 bits per heavy atom. The molecule has 4 N–H and O–H groups in total. The maximum atomic E-state index is 6.08. The van der Waals surface area contributed by atoms with E-state index in [-0.39, 0.29) is 0 Å². The van der Waals surface area contributed by atoms with Gasteiger partial charge in [-0.2, -0.15) is 0 Å². The lowest BCUT2D eigenvalue weighted by atomic mass is 9.95. The molecule has 1 saturated carbocycles. The molecule has 32 heavy (non-hydrogen) atoms. The van der Waals surface area contributed by atoms with Crippen LogP contribution in [-0.4, -0.2) is 42.2 Å². The molecule has 166 valence electrons. The van der Waals surface area contributed by atoms with Crippen molar-refractivity contribution in [2.24, 2.45) is 0 Å². The van der Waals surface area contributed by atoms with Crippen molar-refractivity contribution in [1.82, 2.24) is 15.3 Å². The minimum absolute atomic E-state index is 0.523. The van der Waals surface area contributed by atoms with Crippen LogP contribution in [0.1, 0.15) is 32.1 Å². The molecule has 0 unspecified atom stereocenters. The number of nitrogens with one attached hydrogen (secondary N) is 2. The Bertz CT molecular complexity index is 1050. The molecule has 1 aliphatic heterocycles. The number of hydrogen-bond acceptors (Lipinski definition) is 6. The Hall–Kier alpha value is -3.12. The van der Waals surface area contributed by atoms with E-state index in [1.807, 2.05) is 24.4 Å². The molecule has 1 saturated heterocycles. The third kappa shape index (κ3) is 4.86. The molecule has 0 bridgehead atoms. The molecule has 0 amide bonds. The van der Waals surface area contributed by atoms with Crippen molar-refractivity contribution in [1.29, 1.82) is 0 Å².